The molecule has 0 aliphatic carbocycles. The van der Waals surface area contributed by atoms with Crippen LogP contribution in [0.4, 0.5) is 0 Å². The third kappa shape index (κ3) is 2.77. The molecule has 2 aromatic heterocycles. The number of rotatable bonds is 4. The highest BCUT2D eigenvalue weighted by atomic mass is 79.9. The van der Waals surface area contributed by atoms with Gasteiger partial charge in [-0.25, -0.2) is 4.98 Å². The minimum Gasteiger partial charge on any atom is -0.463 e. The van der Waals surface area contributed by atoms with Gasteiger partial charge in [0.15, 0.2) is 5.78 Å². The second kappa shape index (κ2) is 5.90. The van der Waals surface area contributed by atoms with E-state index in [9.17, 15) is 4.79 Å². The maximum atomic E-state index is 12.4. The van der Waals surface area contributed by atoms with Crippen molar-refractivity contribution in [3.05, 3.63) is 44.5 Å². The Morgan fingerprint density at radius 2 is 2.24 bits per heavy atom. The predicted octanol–water partition coefficient (Wildman–Crippen LogP) is 4.48. The van der Waals surface area contributed by atoms with E-state index in [1.54, 1.807) is 17.1 Å². The summed E-state index contributed by atoms with van der Waals surface area (Å²) in [4.78, 5) is 16.2. The van der Waals surface area contributed by atoms with Gasteiger partial charge in [-0.1, -0.05) is 11.6 Å². The lowest BCUT2D eigenvalue weighted by atomic mass is 10.1. The molecule has 2 heterocycles. The van der Waals surface area contributed by atoms with Gasteiger partial charge in [-0.15, -0.1) is 0 Å². The number of hydrogen-bond donors (Lipinski definition) is 0. The average Bonchev–Trinajstić information content (AvgIpc) is 3.11. The molecule has 0 aliphatic rings. The highest BCUT2D eigenvalue weighted by Gasteiger charge is 2.19. The molecule has 1 aromatic carbocycles. The Morgan fingerprint density at radius 1 is 1.43 bits per heavy atom. The molecule has 0 bridgehead atoms. The molecule has 8 heteroatoms. The van der Waals surface area contributed by atoms with E-state index in [2.05, 4.69) is 41.9 Å². The average molecular weight is 433 g/mol. The summed E-state index contributed by atoms with van der Waals surface area (Å²) in [6, 6.07) is 1.75. The summed E-state index contributed by atoms with van der Waals surface area (Å²) in [5, 5.41) is 5.16. The minimum atomic E-state index is -0.0386. The van der Waals surface area contributed by atoms with Gasteiger partial charge >= 0.3 is 0 Å². The van der Waals surface area contributed by atoms with Crippen molar-refractivity contribution in [1.29, 1.82) is 0 Å². The molecule has 0 saturated heterocycles. The monoisotopic (exact) mass is 431 g/mol. The molecule has 0 saturated carbocycles. The predicted molar refractivity (Wildman–Crippen MR) is 85.6 cm³/mol. The van der Waals surface area contributed by atoms with Crippen LogP contribution in [-0.2, 0) is 6.54 Å². The number of carbonyl (C=O) groups is 1. The molecule has 0 unspecified atom stereocenters. The standard InChI is InChI=1S/C13H8Br2ClN3O2/c14-8-3-10-11(12(15)13(8)16)7(4-21-10)9(20)1-2-19-6-17-5-18-19/h3-6H,1-2H2. The number of nitrogens with zero attached hydrogens (tertiary/aromatic N) is 3. The Morgan fingerprint density at radius 3 is 2.95 bits per heavy atom. The molecule has 21 heavy (non-hydrogen) atoms. The van der Waals surface area contributed by atoms with Crippen LogP contribution < -0.4 is 0 Å². The van der Waals surface area contributed by atoms with E-state index in [1.165, 1.54) is 12.6 Å². The molecule has 0 aliphatic heterocycles. The van der Waals surface area contributed by atoms with Gasteiger partial charge in [0.05, 0.1) is 10.6 Å². The second-order valence-electron chi connectivity index (χ2n) is 4.34. The van der Waals surface area contributed by atoms with E-state index >= 15 is 0 Å². The van der Waals surface area contributed by atoms with Crippen LogP contribution >= 0.6 is 43.5 Å². The summed E-state index contributed by atoms with van der Waals surface area (Å²) < 4.78 is 8.41. The maximum absolute atomic E-state index is 12.4. The molecule has 0 radical (unpaired) electrons. The number of aromatic nitrogens is 3. The van der Waals surface area contributed by atoms with Crippen molar-refractivity contribution in [3.8, 4) is 0 Å². The smallest absolute Gasteiger partial charge is 0.168 e. The van der Waals surface area contributed by atoms with Gasteiger partial charge in [0.2, 0.25) is 0 Å². The van der Waals surface area contributed by atoms with Gasteiger partial charge in [0.1, 0.15) is 24.5 Å². The van der Waals surface area contributed by atoms with Crippen molar-refractivity contribution in [2.45, 2.75) is 13.0 Å². The number of ketones is 1. The zero-order valence-electron chi connectivity index (χ0n) is 10.5. The summed E-state index contributed by atoms with van der Waals surface area (Å²) in [6.07, 6.45) is 4.77. The summed E-state index contributed by atoms with van der Waals surface area (Å²) in [5.74, 6) is -0.0386. The van der Waals surface area contributed by atoms with Crippen LogP contribution in [0.15, 0.2) is 38.3 Å². The first-order valence-corrected chi connectivity index (χ1v) is 7.94. The van der Waals surface area contributed by atoms with Gasteiger partial charge in [0.25, 0.3) is 0 Å². The van der Waals surface area contributed by atoms with E-state index in [0.717, 1.165) is 0 Å². The fourth-order valence-corrected chi connectivity index (χ4v) is 3.45. The number of fused-ring (bicyclic) bond motifs is 1. The highest BCUT2D eigenvalue weighted by Crippen LogP contribution is 2.39. The summed E-state index contributed by atoms with van der Waals surface area (Å²) in [5.41, 5.74) is 1.11. The van der Waals surface area contributed by atoms with Gasteiger partial charge in [-0.2, -0.15) is 5.10 Å². The number of benzene rings is 1. The Bertz CT molecular complexity index is 815. The van der Waals surface area contributed by atoms with Crippen LogP contribution in [-0.4, -0.2) is 20.5 Å². The van der Waals surface area contributed by atoms with Crippen molar-refractivity contribution in [2.24, 2.45) is 0 Å². The van der Waals surface area contributed by atoms with E-state index in [-0.39, 0.29) is 5.78 Å². The van der Waals surface area contributed by atoms with Gasteiger partial charge in [-0.3, -0.25) is 9.48 Å². The first kappa shape index (κ1) is 14.7. The third-order valence-electron chi connectivity index (χ3n) is 3.03. The van der Waals surface area contributed by atoms with Crippen molar-refractivity contribution in [1.82, 2.24) is 14.8 Å². The Labute approximate surface area is 141 Å². The van der Waals surface area contributed by atoms with Crippen molar-refractivity contribution >= 4 is 60.2 Å². The van der Waals surface area contributed by atoms with Crippen LogP contribution in [0.5, 0.6) is 0 Å². The molecule has 5 nitrogen and oxygen atoms in total. The maximum Gasteiger partial charge on any atom is 0.168 e. The molecule has 0 amide bonds. The van der Waals surface area contributed by atoms with Crippen LogP contribution in [0.25, 0.3) is 11.0 Å². The lowest BCUT2D eigenvalue weighted by Crippen LogP contribution is -2.06. The molecular formula is C13H8Br2ClN3O2. The van der Waals surface area contributed by atoms with Crippen LogP contribution in [0, 0.1) is 0 Å². The normalized spacial score (nSPS) is 11.2. The van der Waals surface area contributed by atoms with Crippen molar-refractivity contribution in [3.63, 3.8) is 0 Å². The zero-order valence-corrected chi connectivity index (χ0v) is 14.4. The Kier molecular flexibility index (Phi) is 4.14. The fourth-order valence-electron chi connectivity index (χ4n) is 2.00. The first-order chi connectivity index (χ1) is 10.1. The minimum absolute atomic E-state index is 0.0386. The summed E-state index contributed by atoms with van der Waals surface area (Å²) >= 11 is 12.9. The Balaban J connectivity index is 1.93. The van der Waals surface area contributed by atoms with Crippen molar-refractivity contribution in [2.75, 3.05) is 0 Å². The van der Waals surface area contributed by atoms with E-state index in [1.807, 2.05) is 0 Å². The number of carbonyl (C=O) groups excluding carboxylic acids is 1. The molecule has 0 N–H and O–H groups in total. The number of halogens is 3. The lowest BCUT2D eigenvalue weighted by molar-refractivity contribution is 0.0976. The topological polar surface area (TPSA) is 60.9 Å². The van der Waals surface area contributed by atoms with Crippen LogP contribution in [0.3, 0.4) is 0 Å². The van der Waals surface area contributed by atoms with Crippen molar-refractivity contribution < 1.29 is 9.21 Å². The van der Waals surface area contributed by atoms with Crippen LogP contribution in [0.1, 0.15) is 16.8 Å². The SMILES string of the molecule is O=C(CCn1cncn1)c1coc2cc(Br)c(Cl)c(Br)c12. The number of hydrogen-bond acceptors (Lipinski definition) is 4. The molecule has 0 spiro atoms. The molecule has 0 atom stereocenters. The first-order valence-electron chi connectivity index (χ1n) is 5.98. The van der Waals surface area contributed by atoms with Gasteiger partial charge < -0.3 is 4.42 Å². The molecule has 3 rings (SSSR count). The largest absolute Gasteiger partial charge is 0.463 e. The van der Waals surface area contributed by atoms with Gasteiger partial charge in [0, 0.05) is 27.3 Å². The number of Topliss-reactive ketones (excluding diaryl/α,β-unsaturated/α-hetero) is 1. The van der Waals surface area contributed by atoms with E-state index in [0.29, 0.717) is 43.5 Å². The fraction of sp³-hybridized carbons (Fsp3) is 0.154. The van der Waals surface area contributed by atoms with Gasteiger partial charge in [-0.05, 0) is 37.9 Å². The molecular weight excluding hydrogens is 425 g/mol. The molecule has 3 aromatic rings. The zero-order chi connectivity index (χ0) is 15.0. The number of furan rings is 1. The quantitative estimate of drug-likeness (QED) is 0.450. The second-order valence-corrected chi connectivity index (χ2v) is 6.37. The van der Waals surface area contributed by atoms with E-state index in [4.69, 9.17) is 16.0 Å². The summed E-state index contributed by atoms with van der Waals surface area (Å²) in [7, 11) is 0. The highest BCUT2D eigenvalue weighted by molar-refractivity contribution is 9.11. The third-order valence-corrected chi connectivity index (χ3v) is 5.30. The van der Waals surface area contributed by atoms with Crippen LogP contribution in [0.2, 0.25) is 5.02 Å². The molecule has 108 valence electrons. The van der Waals surface area contributed by atoms with E-state index < -0.39 is 0 Å². The number of aryl methyl sites for hydroxylation is 1. The molecule has 0 fully saturated rings. The summed E-state index contributed by atoms with van der Waals surface area (Å²) in [6.45, 7) is 0.466. The Hall–Kier alpha value is -1.18. The lowest BCUT2D eigenvalue weighted by Gasteiger charge is -2.03.